The summed E-state index contributed by atoms with van der Waals surface area (Å²) < 4.78 is 0. The highest BCUT2D eigenvalue weighted by Crippen LogP contribution is 2.34. The van der Waals surface area contributed by atoms with Crippen LogP contribution in [0.3, 0.4) is 0 Å². The van der Waals surface area contributed by atoms with Gasteiger partial charge in [-0.3, -0.25) is 9.69 Å². The highest BCUT2D eigenvalue weighted by molar-refractivity contribution is 5.79. The van der Waals surface area contributed by atoms with Gasteiger partial charge in [0.25, 0.3) is 0 Å². The van der Waals surface area contributed by atoms with Gasteiger partial charge in [0.05, 0.1) is 0 Å². The van der Waals surface area contributed by atoms with Crippen LogP contribution in [0.15, 0.2) is 24.3 Å². The van der Waals surface area contributed by atoms with E-state index in [1.54, 1.807) is 0 Å². The van der Waals surface area contributed by atoms with Crippen LogP contribution in [0.2, 0.25) is 0 Å². The molecule has 1 N–H and O–H groups in total. The molecule has 1 aromatic rings. The molecule has 0 radical (unpaired) electrons. The zero-order chi connectivity index (χ0) is 13.9. The van der Waals surface area contributed by atoms with Gasteiger partial charge in [-0.05, 0) is 43.4 Å². The van der Waals surface area contributed by atoms with E-state index in [0.29, 0.717) is 6.42 Å². The number of carboxylic acids is 1. The fourth-order valence-corrected chi connectivity index (χ4v) is 3.06. The van der Waals surface area contributed by atoms with Gasteiger partial charge in [-0.15, -0.1) is 0 Å². The second-order valence-corrected chi connectivity index (χ2v) is 5.39. The Bertz CT molecular complexity index is 441. The number of aliphatic carboxylic acids is 1. The second kappa shape index (κ2) is 5.74. The van der Waals surface area contributed by atoms with Gasteiger partial charge >= 0.3 is 5.97 Å². The van der Waals surface area contributed by atoms with E-state index in [9.17, 15) is 9.90 Å². The first-order valence-electron chi connectivity index (χ1n) is 7.18. The van der Waals surface area contributed by atoms with Gasteiger partial charge in [0, 0.05) is 6.54 Å². The lowest BCUT2D eigenvalue weighted by molar-refractivity contribution is -0.150. The molecular formula is C16H23NO2. The molecule has 0 aromatic heterocycles. The van der Waals surface area contributed by atoms with E-state index < -0.39 is 11.5 Å². The van der Waals surface area contributed by atoms with E-state index in [4.69, 9.17) is 0 Å². The third-order valence-electron chi connectivity index (χ3n) is 4.41. The average Bonchev–Trinajstić information content (AvgIpc) is 2.83. The number of likely N-dealkylation sites (tertiary alicyclic amines) is 1. The maximum atomic E-state index is 11.6. The van der Waals surface area contributed by atoms with Crippen LogP contribution >= 0.6 is 0 Å². The number of aryl methyl sites for hydroxylation is 1. The molecule has 3 nitrogen and oxygen atoms in total. The first-order valence-corrected chi connectivity index (χ1v) is 7.18. The summed E-state index contributed by atoms with van der Waals surface area (Å²) in [5, 5.41) is 9.55. The number of hydrogen-bond acceptors (Lipinski definition) is 2. The molecule has 0 amide bonds. The second-order valence-electron chi connectivity index (χ2n) is 5.39. The van der Waals surface area contributed by atoms with Crippen molar-refractivity contribution in [2.24, 2.45) is 0 Å². The number of hydrogen-bond donors (Lipinski definition) is 1. The normalized spacial score (nSPS) is 23.7. The lowest BCUT2D eigenvalue weighted by Crippen LogP contribution is -2.49. The monoisotopic (exact) mass is 261 g/mol. The fraction of sp³-hybridized carbons (Fsp3) is 0.562. The molecule has 0 bridgehead atoms. The summed E-state index contributed by atoms with van der Waals surface area (Å²) >= 11 is 0. The van der Waals surface area contributed by atoms with E-state index >= 15 is 0 Å². The van der Waals surface area contributed by atoms with Gasteiger partial charge in [0.2, 0.25) is 0 Å². The molecule has 2 rings (SSSR count). The Labute approximate surface area is 115 Å². The topological polar surface area (TPSA) is 40.5 Å². The summed E-state index contributed by atoms with van der Waals surface area (Å²) in [6, 6.07) is 8.53. The van der Waals surface area contributed by atoms with Crippen molar-refractivity contribution in [3.8, 4) is 0 Å². The summed E-state index contributed by atoms with van der Waals surface area (Å²) in [6.45, 7) is 5.74. The summed E-state index contributed by atoms with van der Waals surface area (Å²) in [5.41, 5.74) is 1.88. The fourth-order valence-electron chi connectivity index (χ4n) is 3.06. The maximum Gasteiger partial charge on any atom is 0.324 e. The molecule has 1 unspecified atom stereocenters. The van der Waals surface area contributed by atoms with Gasteiger partial charge in [-0.2, -0.15) is 0 Å². The Morgan fingerprint density at radius 1 is 1.26 bits per heavy atom. The van der Waals surface area contributed by atoms with Crippen molar-refractivity contribution < 1.29 is 9.90 Å². The van der Waals surface area contributed by atoms with Crippen LogP contribution in [-0.4, -0.2) is 28.1 Å². The predicted octanol–water partition coefficient (Wildman–Crippen LogP) is 3.08. The van der Waals surface area contributed by atoms with Crippen LogP contribution in [0.25, 0.3) is 0 Å². The molecular weight excluding hydrogens is 238 g/mol. The number of nitrogens with zero attached hydrogens (tertiary/aromatic N) is 1. The number of carboxylic acid groups (broad SMARTS) is 1. The number of carbonyl (C=O) groups is 1. The first kappa shape index (κ1) is 14.1. The summed E-state index contributed by atoms with van der Waals surface area (Å²) in [6.07, 6.45) is 3.46. The van der Waals surface area contributed by atoms with E-state index in [-0.39, 0.29) is 0 Å². The smallest absolute Gasteiger partial charge is 0.324 e. The van der Waals surface area contributed by atoms with Crippen molar-refractivity contribution in [2.75, 3.05) is 6.54 Å². The third kappa shape index (κ3) is 2.66. The Morgan fingerprint density at radius 3 is 2.42 bits per heavy atom. The van der Waals surface area contributed by atoms with Crippen molar-refractivity contribution in [1.29, 1.82) is 0 Å². The highest BCUT2D eigenvalue weighted by Gasteiger charge is 2.45. The molecule has 1 aromatic carbocycles. The van der Waals surface area contributed by atoms with Gasteiger partial charge in [0.1, 0.15) is 5.54 Å². The summed E-state index contributed by atoms with van der Waals surface area (Å²) in [4.78, 5) is 13.7. The van der Waals surface area contributed by atoms with Crippen molar-refractivity contribution in [1.82, 2.24) is 4.90 Å². The van der Waals surface area contributed by atoms with Gasteiger partial charge in [0.15, 0.2) is 0 Å². The van der Waals surface area contributed by atoms with E-state index in [1.165, 1.54) is 11.1 Å². The Hall–Kier alpha value is -1.35. The van der Waals surface area contributed by atoms with Crippen LogP contribution < -0.4 is 0 Å². The summed E-state index contributed by atoms with van der Waals surface area (Å²) in [5.74, 6) is -0.669. The largest absolute Gasteiger partial charge is 0.480 e. The Balaban J connectivity index is 2.14. The van der Waals surface area contributed by atoms with E-state index in [2.05, 4.69) is 36.1 Å². The van der Waals surface area contributed by atoms with Crippen LogP contribution in [0.1, 0.15) is 44.2 Å². The highest BCUT2D eigenvalue weighted by atomic mass is 16.4. The maximum absolute atomic E-state index is 11.6. The standard InChI is InChI=1S/C16H23NO2/c1-3-13-6-8-14(9-7-13)12-17-11-5-10-16(17,4-2)15(18)19/h6-9H,3-5,10-12H2,1-2H3,(H,18,19). The number of benzene rings is 1. The van der Waals surface area contributed by atoms with Gasteiger partial charge < -0.3 is 5.11 Å². The molecule has 0 saturated carbocycles. The predicted molar refractivity (Wildman–Crippen MR) is 76.1 cm³/mol. The SMILES string of the molecule is CCc1ccc(CN2CCCC2(CC)C(=O)O)cc1. The zero-order valence-corrected chi connectivity index (χ0v) is 11.9. The van der Waals surface area contributed by atoms with Crippen molar-refractivity contribution in [3.63, 3.8) is 0 Å². The molecule has 104 valence electrons. The Morgan fingerprint density at radius 2 is 1.89 bits per heavy atom. The lowest BCUT2D eigenvalue weighted by atomic mass is 9.92. The zero-order valence-electron chi connectivity index (χ0n) is 11.9. The van der Waals surface area contributed by atoms with Gasteiger partial charge in [-0.1, -0.05) is 38.1 Å². The van der Waals surface area contributed by atoms with Crippen molar-refractivity contribution >= 4 is 5.97 Å². The van der Waals surface area contributed by atoms with Crippen LogP contribution in [0.4, 0.5) is 0 Å². The molecule has 1 atom stereocenters. The molecule has 1 heterocycles. The molecule has 1 fully saturated rings. The van der Waals surface area contributed by atoms with Crippen molar-refractivity contribution in [2.45, 2.75) is 51.6 Å². The van der Waals surface area contributed by atoms with E-state index in [1.807, 2.05) is 6.92 Å². The van der Waals surface area contributed by atoms with E-state index in [0.717, 1.165) is 32.4 Å². The third-order valence-corrected chi connectivity index (χ3v) is 4.41. The van der Waals surface area contributed by atoms with Crippen LogP contribution in [0, 0.1) is 0 Å². The molecule has 0 aliphatic carbocycles. The average molecular weight is 261 g/mol. The Kier molecular flexibility index (Phi) is 4.25. The molecule has 0 spiro atoms. The molecule has 19 heavy (non-hydrogen) atoms. The minimum Gasteiger partial charge on any atom is -0.480 e. The van der Waals surface area contributed by atoms with Crippen LogP contribution in [-0.2, 0) is 17.8 Å². The molecule has 3 heteroatoms. The van der Waals surface area contributed by atoms with Crippen LogP contribution in [0.5, 0.6) is 0 Å². The minimum atomic E-state index is -0.669. The summed E-state index contributed by atoms with van der Waals surface area (Å²) in [7, 11) is 0. The van der Waals surface area contributed by atoms with Gasteiger partial charge in [-0.25, -0.2) is 0 Å². The molecule has 1 aliphatic rings. The molecule has 1 aliphatic heterocycles. The number of rotatable bonds is 5. The first-order chi connectivity index (χ1) is 9.12. The minimum absolute atomic E-state index is 0.649. The quantitative estimate of drug-likeness (QED) is 0.885. The molecule has 1 saturated heterocycles. The lowest BCUT2D eigenvalue weighted by Gasteiger charge is -2.33. The van der Waals surface area contributed by atoms with Crippen molar-refractivity contribution in [3.05, 3.63) is 35.4 Å².